The molecule has 0 bridgehead atoms. The molecule has 1 aromatic carbocycles. The molecule has 0 N–H and O–H groups in total. The van der Waals surface area contributed by atoms with Crippen molar-refractivity contribution in [2.24, 2.45) is 5.41 Å². The maximum atomic E-state index is 12.7. The summed E-state index contributed by atoms with van der Waals surface area (Å²) < 4.78 is 5.87. The predicted octanol–water partition coefficient (Wildman–Crippen LogP) is 4.16. The van der Waals surface area contributed by atoms with Gasteiger partial charge in [0.05, 0.1) is 0 Å². The smallest absolute Gasteiger partial charge is 0.168 e. The van der Waals surface area contributed by atoms with Crippen LogP contribution in [0.4, 0.5) is 0 Å². The molecular weight excluding hydrogens is 236 g/mol. The predicted molar refractivity (Wildman–Crippen MR) is 75.8 cm³/mol. The van der Waals surface area contributed by atoms with Gasteiger partial charge in [-0.05, 0) is 50.5 Å². The van der Waals surface area contributed by atoms with Gasteiger partial charge in [0.15, 0.2) is 5.78 Å². The Morgan fingerprint density at radius 1 is 1.16 bits per heavy atom. The number of benzene rings is 1. The third kappa shape index (κ3) is 2.18. The van der Waals surface area contributed by atoms with Gasteiger partial charge in [-0.1, -0.05) is 19.8 Å². The fraction of sp³-hybridized carbons (Fsp3) is 0.588. The van der Waals surface area contributed by atoms with Crippen LogP contribution in [0.25, 0.3) is 0 Å². The van der Waals surface area contributed by atoms with Crippen molar-refractivity contribution in [2.75, 3.05) is 0 Å². The maximum Gasteiger partial charge on any atom is 0.168 e. The molecule has 2 aliphatic rings. The van der Waals surface area contributed by atoms with E-state index in [1.165, 1.54) is 18.4 Å². The minimum absolute atomic E-state index is 0.136. The van der Waals surface area contributed by atoms with Gasteiger partial charge in [0, 0.05) is 17.4 Å². The highest BCUT2D eigenvalue weighted by molar-refractivity contribution is 6.00. The maximum absolute atomic E-state index is 12.7. The normalized spacial score (nSPS) is 22.9. The third-order valence-corrected chi connectivity index (χ3v) is 4.58. The first kappa shape index (κ1) is 12.7. The van der Waals surface area contributed by atoms with Gasteiger partial charge in [-0.25, -0.2) is 0 Å². The van der Waals surface area contributed by atoms with Crippen molar-refractivity contribution in [3.05, 3.63) is 29.3 Å². The zero-order chi connectivity index (χ0) is 13.7. The lowest BCUT2D eigenvalue weighted by molar-refractivity contribution is 0.0823. The van der Waals surface area contributed by atoms with E-state index in [1.54, 1.807) is 0 Å². The molecule has 1 aromatic rings. The van der Waals surface area contributed by atoms with Crippen LogP contribution in [-0.4, -0.2) is 11.4 Å². The summed E-state index contributed by atoms with van der Waals surface area (Å²) in [5, 5.41) is 0. The van der Waals surface area contributed by atoms with Gasteiger partial charge in [0.2, 0.25) is 0 Å². The van der Waals surface area contributed by atoms with Crippen LogP contribution >= 0.6 is 0 Å². The first-order chi connectivity index (χ1) is 8.90. The molecule has 1 heterocycles. The summed E-state index contributed by atoms with van der Waals surface area (Å²) in [6, 6.07) is 5.96. The number of ketones is 1. The molecule has 102 valence electrons. The van der Waals surface area contributed by atoms with E-state index in [4.69, 9.17) is 4.74 Å². The van der Waals surface area contributed by atoms with Crippen molar-refractivity contribution in [3.8, 4) is 5.75 Å². The first-order valence-electron chi connectivity index (χ1n) is 7.26. The Morgan fingerprint density at radius 2 is 1.84 bits per heavy atom. The molecule has 1 fully saturated rings. The number of carbonyl (C=O) groups excluding carboxylic acids is 1. The van der Waals surface area contributed by atoms with E-state index in [0.29, 0.717) is 5.78 Å². The van der Waals surface area contributed by atoms with Gasteiger partial charge in [-0.2, -0.15) is 0 Å². The first-order valence-corrected chi connectivity index (χ1v) is 7.26. The minimum atomic E-state index is -0.138. The fourth-order valence-corrected chi connectivity index (χ4v) is 3.48. The average molecular weight is 258 g/mol. The van der Waals surface area contributed by atoms with Gasteiger partial charge in [0.25, 0.3) is 0 Å². The summed E-state index contributed by atoms with van der Waals surface area (Å²) in [5.41, 5.74) is 1.77. The van der Waals surface area contributed by atoms with Crippen LogP contribution in [0.15, 0.2) is 18.2 Å². The van der Waals surface area contributed by atoms with Crippen molar-refractivity contribution in [2.45, 2.75) is 58.5 Å². The number of fused-ring (bicyclic) bond motifs is 1. The third-order valence-electron chi connectivity index (χ3n) is 4.58. The van der Waals surface area contributed by atoms with Crippen molar-refractivity contribution < 1.29 is 9.53 Å². The van der Waals surface area contributed by atoms with E-state index in [9.17, 15) is 4.79 Å². The average Bonchev–Trinajstić information content (AvgIpc) is 2.90. The van der Waals surface area contributed by atoms with E-state index in [2.05, 4.69) is 26.8 Å². The molecule has 3 rings (SSSR count). The molecule has 0 aromatic heterocycles. The summed E-state index contributed by atoms with van der Waals surface area (Å²) in [7, 11) is 0. The summed E-state index contributed by atoms with van der Waals surface area (Å²) in [4.78, 5) is 12.7. The van der Waals surface area contributed by atoms with Gasteiger partial charge < -0.3 is 4.74 Å². The minimum Gasteiger partial charge on any atom is -0.487 e. The Labute approximate surface area is 115 Å². The number of carbonyl (C=O) groups is 1. The second-order valence-corrected chi connectivity index (χ2v) is 6.96. The fourth-order valence-electron chi connectivity index (χ4n) is 3.48. The van der Waals surface area contributed by atoms with Gasteiger partial charge in [-0.15, -0.1) is 0 Å². The molecule has 2 nitrogen and oxygen atoms in total. The molecule has 1 aliphatic carbocycles. The van der Waals surface area contributed by atoms with Gasteiger partial charge in [-0.3, -0.25) is 4.79 Å². The second-order valence-electron chi connectivity index (χ2n) is 6.96. The Morgan fingerprint density at radius 3 is 2.53 bits per heavy atom. The highest BCUT2D eigenvalue weighted by atomic mass is 16.5. The van der Waals surface area contributed by atoms with Crippen LogP contribution in [0.1, 0.15) is 62.4 Å². The number of ether oxygens (including phenoxy) is 1. The zero-order valence-corrected chi connectivity index (χ0v) is 12.1. The van der Waals surface area contributed by atoms with Crippen molar-refractivity contribution in [1.82, 2.24) is 0 Å². The van der Waals surface area contributed by atoms with E-state index in [1.807, 2.05) is 12.1 Å². The quantitative estimate of drug-likeness (QED) is 0.744. The summed E-state index contributed by atoms with van der Waals surface area (Å²) in [5.74, 6) is 1.26. The molecule has 0 atom stereocenters. The topological polar surface area (TPSA) is 26.3 Å². The van der Waals surface area contributed by atoms with Crippen LogP contribution in [-0.2, 0) is 6.42 Å². The zero-order valence-electron chi connectivity index (χ0n) is 12.1. The lowest BCUT2D eigenvalue weighted by Gasteiger charge is -2.21. The van der Waals surface area contributed by atoms with Crippen LogP contribution < -0.4 is 4.74 Å². The van der Waals surface area contributed by atoms with E-state index >= 15 is 0 Å². The van der Waals surface area contributed by atoms with Gasteiger partial charge in [0.1, 0.15) is 11.4 Å². The second kappa shape index (κ2) is 4.09. The van der Waals surface area contributed by atoms with Crippen molar-refractivity contribution in [3.63, 3.8) is 0 Å². The number of hydrogen-bond acceptors (Lipinski definition) is 2. The number of hydrogen-bond donors (Lipinski definition) is 0. The molecule has 0 amide bonds. The Bertz CT molecular complexity index is 522. The standard InChI is InChI=1S/C17H22O2/c1-16(2)11-13-10-12(6-7-14(13)19-16)15(18)17(3)8-4-5-9-17/h6-7,10H,4-5,8-9,11H2,1-3H3. The Kier molecular flexibility index (Phi) is 2.74. The largest absolute Gasteiger partial charge is 0.487 e. The summed E-state index contributed by atoms with van der Waals surface area (Å²) in [6.45, 7) is 6.30. The van der Waals surface area contributed by atoms with Crippen molar-refractivity contribution >= 4 is 5.78 Å². The molecule has 0 unspecified atom stereocenters. The van der Waals surface area contributed by atoms with Crippen molar-refractivity contribution in [1.29, 1.82) is 0 Å². The Hall–Kier alpha value is -1.31. The van der Waals surface area contributed by atoms with E-state index in [0.717, 1.165) is 30.6 Å². The highest BCUT2D eigenvalue weighted by Gasteiger charge is 2.37. The van der Waals surface area contributed by atoms with Crippen LogP contribution in [0.2, 0.25) is 0 Å². The highest BCUT2D eigenvalue weighted by Crippen LogP contribution is 2.42. The molecule has 19 heavy (non-hydrogen) atoms. The molecule has 0 saturated heterocycles. The van der Waals surface area contributed by atoms with E-state index < -0.39 is 0 Å². The monoisotopic (exact) mass is 258 g/mol. The molecule has 0 radical (unpaired) electrons. The Balaban J connectivity index is 1.90. The van der Waals surface area contributed by atoms with Crippen LogP contribution in [0.3, 0.4) is 0 Å². The molecule has 1 saturated carbocycles. The van der Waals surface area contributed by atoms with Gasteiger partial charge >= 0.3 is 0 Å². The number of rotatable bonds is 2. The lowest BCUT2D eigenvalue weighted by Crippen LogP contribution is -2.25. The summed E-state index contributed by atoms with van der Waals surface area (Å²) >= 11 is 0. The van der Waals surface area contributed by atoms with E-state index in [-0.39, 0.29) is 11.0 Å². The molecule has 0 spiro atoms. The molecule has 2 heteroatoms. The molecular formula is C17H22O2. The summed E-state index contributed by atoms with van der Waals surface area (Å²) in [6.07, 6.45) is 5.32. The number of Topliss-reactive ketones (excluding diaryl/α,β-unsaturated/α-hetero) is 1. The SMILES string of the molecule is CC1(C)Cc2cc(C(=O)C3(C)CCCC3)ccc2O1. The van der Waals surface area contributed by atoms with Crippen LogP contribution in [0, 0.1) is 5.41 Å². The van der Waals surface area contributed by atoms with Crippen LogP contribution in [0.5, 0.6) is 5.75 Å². The lowest BCUT2D eigenvalue weighted by atomic mass is 9.80. The molecule has 1 aliphatic heterocycles.